The van der Waals surface area contributed by atoms with Crippen LogP contribution in [0.5, 0.6) is 11.5 Å². The highest BCUT2D eigenvalue weighted by atomic mass is 16.7. The second kappa shape index (κ2) is 20.4. The van der Waals surface area contributed by atoms with Crippen LogP contribution in [0.4, 0.5) is 4.79 Å². The van der Waals surface area contributed by atoms with Gasteiger partial charge in [-0.3, -0.25) is 0 Å². The summed E-state index contributed by atoms with van der Waals surface area (Å²) in [4.78, 5) is 12.5. The van der Waals surface area contributed by atoms with Crippen LogP contribution in [-0.4, -0.2) is 82.2 Å². The van der Waals surface area contributed by atoms with E-state index < -0.39 is 48.9 Å². The van der Waals surface area contributed by atoms with Gasteiger partial charge in [0.05, 0.1) is 48.8 Å². The van der Waals surface area contributed by atoms with Gasteiger partial charge in [-0.25, -0.2) is 4.79 Å². The Morgan fingerprint density at radius 2 is 1.36 bits per heavy atom. The molecule has 316 valence electrons. The Kier molecular flexibility index (Phi) is 15.4. The van der Waals surface area contributed by atoms with E-state index in [2.05, 4.69) is 6.92 Å². The van der Waals surface area contributed by atoms with Gasteiger partial charge in [0.2, 0.25) is 0 Å². The van der Waals surface area contributed by atoms with E-state index in [0.717, 1.165) is 5.56 Å². The van der Waals surface area contributed by atoms with Crippen molar-refractivity contribution < 1.29 is 58.0 Å². The summed E-state index contributed by atoms with van der Waals surface area (Å²) in [6, 6.07) is 23.8. The van der Waals surface area contributed by atoms with E-state index >= 15 is 0 Å². The number of ether oxygens (including phenoxy) is 8. The van der Waals surface area contributed by atoms with Gasteiger partial charge in [-0.1, -0.05) is 67.6 Å². The van der Waals surface area contributed by atoms with Crippen LogP contribution < -0.4 is 4.74 Å². The molecular weight excluding hydrogens is 744 g/mol. The maximum atomic E-state index is 12.5. The molecule has 0 radical (unpaired) electrons. The third-order valence-corrected chi connectivity index (χ3v) is 10.3. The molecule has 12 heteroatoms. The van der Waals surface area contributed by atoms with Gasteiger partial charge in [-0.2, -0.15) is 0 Å². The average Bonchev–Trinajstić information content (AvgIpc) is 3.16. The summed E-state index contributed by atoms with van der Waals surface area (Å²) in [6.45, 7) is 9.22. The molecule has 3 aliphatic rings. The molecule has 11 unspecified atom stereocenters. The van der Waals surface area contributed by atoms with Crippen LogP contribution in [0.2, 0.25) is 0 Å². The Morgan fingerprint density at radius 3 is 2.00 bits per heavy atom. The zero-order chi connectivity index (χ0) is 41.2. The summed E-state index contributed by atoms with van der Waals surface area (Å²) in [5, 5.41) is 31.6. The lowest BCUT2D eigenvalue weighted by Crippen LogP contribution is -2.43. The number of aromatic hydroxyl groups is 1. The van der Waals surface area contributed by atoms with Crippen molar-refractivity contribution in [2.45, 2.75) is 159 Å². The third kappa shape index (κ3) is 13.6. The smallest absolute Gasteiger partial charge is 0.508 e. The van der Waals surface area contributed by atoms with Crippen molar-refractivity contribution in [2.24, 2.45) is 0 Å². The number of hydrogen-bond acceptors (Lipinski definition) is 12. The minimum Gasteiger partial charge on any atom is -0.508 e. The van der Waals surface area contributed by atoms with Gasteiger partial charge in [0.1, 0.15) is 17.1 Å². The van der Waals surface area contributed by atoms with Gasteiger partial charge in [0, 0.05) is 36.8 Å². The fourth-order valence-electron chi connectivity index (χ4n) is 7.65. The fraction of sp³-hybridized carbons (Fsp3) is 0.543. The molecule has 0 saturated carbocycles. The van der Waals surface area contributed by atoms with E-state index in [9.17, 15) is 20.1 Å². The maximum Gasteiger partial charge on any atom is 0.514 e. The van der Waals surface area contributed by atoms with E-state index in [4.69, 9.17) is 37.9 Å². The van der Waals surface area contributed by atoms with Crippen molar-refractivity contribution in [2.75, 3.05) is 0 Å². The molecule has 3 N–H and O–H groups in total. The molecule has 3 saturated heterocycles. The Labute approximate surface area is 342 Å². The van der Waals surface area contributed by atoms with Crippen LogP contribution in [0.3, 0.4) is 0 Å². The van der Waals surface area contributed by atoms with Crippen molar-refractivity contribution in [1.82, 2.24) is 0 Å². The van der Waals surface area contributed by atoms with E-state index in [1.165, 1.54) is 0 Å². The molecule has 0 aliphatic carbocycles. The van der Waals surface area contributed by atoms with Crippen LogP contribution in [0.1, 0.15) is 115 Å². The minimum absolute atomic E-state index is 0.0204. The Balaban J connectivity index is 1.19. The lowest BCUT2D eigenvalue weighted by Gasteiger charge is -2.42. The summed E-state index contributed by atoms with van der Waals surface area (Å²) in [6.07, 6.45) is 2.05. The van der Waals surface area contributed by atoms with E-state index in [1.54, 1.807) is 57.2 Å². The molecule has 3 fully saturated rings. The first-order valence-corrected chi connectivity index (χ1v) is 20.6. The van der Waals surface area contributed by atoms with Gasteiger partial charge in [-0.15, -0.1) is 0 Å². The standard InChI is InChI=1S/C46H60O12/c1-6-33(47)23-35(49)24-38-26-40(56-44(53-38)32-15-11-17-36(22-32)57-45(50)58-46(3,4)5)28-41-27-39(54-43(55-41)31-14-10-16-34(48)21-31)25-37-20-29(2)51-42(52-37)19-18-30-12-8-7-9-13-30/h7-19,21-22,29,33,35,37-44,47-49H,6,20,23-28H2,1-5H3. The second-order valence-corrected chi connectivity index (χ2v) is 16.6. The molecule has 11 atom stereocenters. The first-order chi connectivity index (χ1) is 27.8. The number of hydrogen-bond donors (Lipinski definition) is 3. The third-order valence-electron chi connectivity index (χ3n) is 10.3. The lowest BCUT2D eigenvalue weighted by molar-refractivity contribution is -0.285. The van der Waals surface area contributed by atoms with E-state index in [-0.39, 0.29) is 48.4 Å². The average molecular weight is 805 g/mol. The quantitative estimate of drug-likeness (QED) is 0.106. The molecule has 0 amide bonds. The van der Waals surface area contributed by atoms with Gasteiger partial charge in [-0.05, 0) is 89.3 Å². The zero-order valence-corrected chi connectivity index (χ0v) is 34.2. The van der Waals surface area contributed by atoms with Crippen molar-refractivity contribution >= 4 is 12.2 Å². The highest BCUT2D eigenvalue weighted by molar-refractivity contribution is 5.64. The summed E-state index contributed by atoms with van der Waals surface area (Å²) in [7, 11) is 0. The monoisotopic (exact) mass is 804 g/mol. The summed E-state index contributed by atoms with van der Waals surface area (Å²) in [5.74, 6) is 0.386. The van der Waals surface area contributed by atoms with Crippen molar-refractivity contribution in [3.8, 4) is 11.5 Å². The molecule has 0 aromatic heterocycles. The molecule has 12 nitrogen and oxygen atoms in total. The number of rotatable bonds is 14. The second-order valence-electron chi connectivity index (χ2n) is 16.6. The van der Waals surface area contributed by atoms with Crippen molar-refractivity contribution in [3.05, 3.63) is 102 Å². The minimum atomic E-state index is -0.843. The number of benzene rings is 3. The van der Waals surface area contributed by atoms with Gasteiger partial charge in [0.15, 0.2) is 18.9 Å². The highest BCUT2D eigenvalue weighted by Crippen LogP contribution is 2.40. The summed E-state index contributed by atoms with van der Waals surface area (Å²) >= 11 is 0. The zero-order valence-electron chi connectivity index (χ0n) is 34.2. The number of phenols is 1. The van der Waals surface area contributed by atoms with Crippen LogP contribution >= 0.6 is 0 Å². The van der Waals surface area contributed by atoms with Gasteiger partial charge >= 0.3 is 6.16 Å². The predicted octanol–water partition coefficient (Wildman–Crippen LogP) is 8.68. The van der Waals surface area contributed by atoms with E-state index in [0.29, 0.717) is 56.1 Å². The van der Waals surface area contributed by atoms with Crippen LogP contribution in [0.25, 0.3) is 6.08 Å². The van der Waals surface area contributed by atoms with E-state index in [1.807, 2.05) is 61.5 Å². The lowest BCUT2D eigenvalue weighted by atomic mass is 9.93. The van der Waals surface area contributed by atoms with Crippen LogP contribution in [0.15, 0.2) is 84.9 Å². The molecule has 0 bridgehead atoms. The van der Waals surface area contributed by atoms with Gasteiger partial charge < -0.3 is 53.2 Å². The van der Waals surface area contributed by atoms with Crippen molar-refractivity contribution in [1.29, 1.82) is 0 Å². The molecular formula is C46H60O12. The molecule has 58 heavy (non-hydrogen) atoms. The summed E-state index contributed by atoms with van der Waals surface area (Å²) < 4.78 is 49.7. The molecule has 0 spiro atoms. The Hall–Kier alpha value is -3.85. The number of carbonyl (C=O) groups is 1. The molecule has 3 aromatic carbocycles. The Morgan fingerprint density at radius 1 is 0.759 bits per heavy atom. The highest BCUT2D eigenvalue weighted by Gasteiger charge is 2.39. The topological polar surface area (TPSA) is 152 Å². The van der Waals surface area contributed by atoms with Crippen LogP contribution in [-0.2, 0) is 33.2 Å². The Bertz CT molecular complexity index is 1760. The molecule has 3 aliphatic heterocycles. The first-order valence-electron chi connectivity index (χ1n) is 20.6. The maximum absolute atomic E-state index is 12.5. The van der Waals surface area contributed by atoms with Gasteiger partial charge in [0.25, 0.3) is 0 Å². The SMILES string of the molecule is CCC(O)CC(O)CC1CC(CC2CC(CC3CC(C)OC(C=Cc4ccccc4)O3)OC(c3cccc(O)c3)O2)OC(c2cccc(OC(=O)OC(C)(C)C)c2)O1. The van der Waals surface area contributed by atoms with Crippen molar-refractivity contribution in [3.63, 3.8) is 0 Å². The number of carbonyl (C=O) groups excluding carboxylic acids is 1. The molecule has 3 heterocycles. The number of aliphatic hydroxyl groups excluding tert-OH is 2. The first kappa shape index (κ1) is 43.7. The normalized spacial score (nSPS) is 29.1. The van der Waals surface area contributed by atoms with Crippen LogP contribution in [0, 0.1) is 0 Å². The molecule has 3 aromatic rings. The largest absolute Gasteiger partial charge is 0.514 e. The predicted molar refractivity (Wildman–Crippen MR) is 216 cm³/mol. The number of aliphatic hydroxyl groups is 2. The summed E-state index contributed by atoms with van der Waals surface area (Å²) in [5.41, 5.74) is 1.66. The number of phenolic OH excluding ortho intramolecular Hbond substituents is 1. The molecule has 6 rings (SSSR count). The fourth-order valence-corrected chi connectivity index (χ4v) is 7.65.